The molecule has 2 nitrogen and oxygen atoms in total. The van der Waals surface area contributed by atoms with E-state index in [-0.39, 0.29) is 11.1 Å². The molecule has 0 radical (unpaired) electrons. The second-order valence-corrected chi connectivity index (χ2v) is 7.65. The molecular formula is C16H32N2. The fourth-order valence-corrected chi connectivity index (χ4v) is 2.68. The van der Waals surface area contributed by atoms with Crippen LogP contribution in [0.5, 0.6) is 0 Å². The van der Waals surface area contributed by atoms with Crippen molar-refractivity contribution in [3.8, 4) is 0 Å². The molecule has 0 aromatic rings. The topological polar surface area (TPSA) is 15.3 Å². The molecule has 0 heterocycles. The van der Waals surface area contributed by atoms with Crippen molar-refractivity contribution < 1.29 is 0 Å². The first-order valence-electron chi connectivity index (χ1n) is 7.28. The fraction of sp³-hybridized carbons (Fsp3) is 0.875. The van der Waals surface area contributed by atoms with Crippen LogP contribution in [0.15, 0.2) is 12.7 Å². The Morgan fingerprint density at radius 3 is 2.11 bits per heavy atom. The summed E-state index contributed by atoms with van der Waals surface area (Å²) in [7, 11) is 0. The SMILES string of the molecule is C=CCN(C1CCC1CNC(C)(C)C)C(C)(C)C. The molecule has 1 fully saturated rings. The number of nitrogens with zero attached hydrogens (tertiary/aromatic N) is 1. The second-order valence-electron chi connectivity index (χ2n) is 7.65. The molecule has 2 atom stereocenters. The summed E-state index contributed by atoms with van der Waals surface area (Å²) < 4.78 is 0. The maximum atomic E-state index is 3.91. The number of rotatable bonds is 5. The van der Waals surface area contributed by atoms with Crippen molar-refractivity contribution in [2.45, 2.75) is 71.5 Å². The lowest BCUT2D eigenvalue weighted by molar-refractivity contribution is 0.00434. The third kappa shape index (κ3) is 4.40. The van der Waals surface area contributed by atoms with Crippen LogP contribution in [0.3, 0.4) is 0 Å². The van der Waals surface area contributed by atoms with Gasteiger partial charge in [0.15, 0.2) is 0 Å². The van der Waals surface area contributed by atoms with Gasteiger partial charge in [0, 0.05) is 23.7 Å². The summed E-state index contributed by atoms with van der Waals surface area (Å²) in [5, 5.41) is 3.65. The van der Waals surface area contributed by atoms with Crippen LogP contribution in [-0.2, 0) is 0 Å². The summed E-state index contributed by atoms with van der Waals surface area (Å²) in [5.41, 5.74) is 0.463. The Bertz CT molecular complexity index is 270. The molecule has 1 aliphatic carbocycles. The molecule has 1 N–H and O–H groups in total. The smallest absolute Gasteiger partial charge is 0.0168 e. The zero-order chi connectivity index (χ0) is 14.0. The Morgan fingerprint density at radius 2 is 1.78 bits per heavy atom. The predicted molar refractivity (Wildman–Crippen MR) is 80.9 cm³/mol. The average Bonchev–Trinajstić information content (AvgIpc) is 2.12. The minimum Gasteiger partial charge on any atom is -0.312 e. The average molecular weight is 252 g/mol. The maximum absolute atomic E-state index is 3.91. The van der Waals surface area contributed by atoms with Crippen molar-refractivity contribution in [2.24, 2.45) is 5.92 Å². The highest BCUT2D eigenvalue weighted by Crippen LogP contribution is 2.35. The molecule has 0 aromatic carbocycles. The summed E-state index contributed by atoms with van der Waals surface area (Å²) in [4.78, 5) is 2.61. The van der Waals surface area contributed by atoms with Crippen molar-refractivity contribution in [3.63, 3.8) is 0 Å². The van der Waals surface area contributed by atoms with Crippen LogP contribution >= 0.6 is 0 Å². The van der Waals surface area contributed by atoms with Crippen LogP contribution in [0.25, 0.3) is 0 Å². The molecule has 0 amide bonds. The summed E-state index contributed by atoms with van der Waals surface area (Å²) in [6, 6.07) is 0.720. The molecule has 0 bridgehead atoms. The largest absolute Gasteiger partial charge is 0.312 e. The first kappa shape index (κ1) is 15.7. The van der Waals surface area contributed by atoms with Crippen molar-refractivity contribution in [1.29, 1.82) is 0 Å². The van der Waals surface area contributed by atoms with Gasteiger partial charge in [0.1, 0.15) is 0 Å². The van der Waals surface area contributed by atoms with Gasteiger partial charge in [0.05, 0.1) is 0 Å². The van der Waals surface area contributed by atoms with E-state index in [1.807, 2.05) is 6.08 Å². The maximum Gasteiger partial charge on any atom is 0.0168 e. The van der Waals surface area contributed by atoms with Gasteiger partial charge in [-0.1, -0.05) is 6.08 Å². The molecule has 0 spiro atoms. The molecule has 18 heavy (non-hydrogen) atoms. The van der Waals surface area contributed by atoms with Crippen molar-refractivity contribution in [1.82, 2.24) is 10.2 Å². The highest BCUT2D eigenvalue weighted by Gasteiger charge is 2.39. The highest BCUT2D eigenvalue weighted by atomic mass is 15.2. The number of hydrogen-bond donors (Lipinski definition) is 1. The van der Waals surface area contributed by atoms with Crippen molar-refractivity contribution in [2.75, 3.05) is 13.1 Å². The second kappa shape index (κ2) is 5.75. The summed E-state index contributed by atoms with van der Waals surface area (Å²) >= 11 is 0. The van der Waals surface area contributed by atoms with Crippen LogP contribution in [0.2, 0.25) is 0 Å². The van der Waals surface area contributed by atoms with E-state index in [9.17, 15) is 0 Å². The lowest BCUT2D eigenvalue weighted by Gasteiger charge is -2.50. The zero-order valence-electron chi connectivity index (χ0n) is 13.2. The molecule has 1 saturated carbocycles. The van der Waals surface area contributed by atoms with E-state index in [2.05, 4.69) is 58.3 Å². The van der Waals surface area contributed by atoms with Gasteiger partial charge in [0.25, 0.3) is 0 Å². The predicted octanol–water partition coefficient (Wildman–Crippen LogP) is 3.44. The summed E-state index contributed by atoms with van der Waals surface area (Å²) in [6.07, 6.45) is 4.73. The highest BCUT2D eigenvalue weighted by molar-refractivity contribution is 4.97. The molecule has 0 aromatic heterocycles. The van der Waals surface area contributed by atoms with Gasteiger partial charge in [-0.2, -0.15) is 0 Å². The lowest BCUT2D eigenvalue weighted by atomic mass is 9.76. The quantitative estimate of drug-likeness (QED) is 0.754. The van der Waals surface area contributed by atoms with Crippen molar-refractivity contribution in [3.05, 3.63) is 12.7 Å². The summed E-state index contributed by atoms with van der Waals surface area (Å²) in [5.74, 6) is 0.795. The molecule has 106 valence electrons. The number of hydrogen-bond acceptors (Lipinski definition) is 2. The first-order chi connectivity index (χ1) is 8.15. The zero-order valence-corrected chi connectivity index (χ0v) is 13.2. The molecule has 2 heteroatoms. The lowest BCUT2D eigenvalue weighted by Crippen LogP contribution is -2.58. The minimum atomic E-state index is 0.227. The van der Waals surface area contributed by atoms with Gasteiger partial charge < -0.3 is 5.32 Å². The Hall–Kier alpha value is -0.340. The van der Waals surface area contributed by atoms with Crippen LogP contribution < -0.4 is 5.32 Å². The van der Waals surface area contributed by atoms with Crippen LogP contribution in [0.4, 0.5) is 0 Å². The molecule has 0 aliphatic heterocycles. The van der Waals surface area contributed by atoms with E-state index in [0.29, 0.717) is 0 Å². The van der Waals surface area contributed by atoms with Crippen LogP contribution in [-0.4, -0.2) is 35.1 Å². The Balaban J connectivity index is 2.56. The van der Waals surface area contributed by atoms with Gasteiger partial charge in [-0.25, -0.2) is 0 Å². The molecular weight excluding hydrogens is 220 g/mol. The molecule has 0 saturated heterocycles. The van der Waals surface area contributed by atoms with Crippen LogP contribution in [0.1, 0.15) is 54.4 Å². The third-order valence-electron chi connectivity index (χ3n) is 3.86. The van der Waals surface area contributed by atoms with Crippen molar-refractivity contribution >= 4 is 0 Å². The molecule has 1 aliphatic rings. The minimum absolute atomic E-state index is 0.227. The Labute approximate surface area is 114 Å². The Kier molecular flexibility index (Phi) is 5.02. The van der Waals surface area contributed by atoms with Gasteiger partial charge >= 0.3 is 0 Å². The van der Waals surface area contributed by atoms with E-state index in [1.165, 1.54) is 12.8 Å². The van der Waals surface area contributed by atoms with E-state index in [1.54, 1.807) is 0 Å². The van der Waals surface area contributed by atoms with E-state index >= 15 is 0 Å². The van der Waals surface area contributed by atoms with Gasteiger partial charge in [-0.05, 0) is 66.8 Å². The molecule has 2 unspecified atom stereocenters. The molecule has 1 rings (SSSR count). The summed E-state index contributed by atoms with van der Waals surface area (Å²) in [6.45, 7) is 19.7. The van der Waals surface area contributed by atoms with E-state index in [4.69, 9.17) is 0 Å². The van der Waals surface area contributed by atoms with Gasteiger partial charge in [-0.15, -0.1) is 6.58 Å². The fourth-order valence-electron chi connectivity index (χ4n) is 2.68. The monoisotopic (exact) mass is 252 g/mol. The van der Waals surface area contributed by atoms with E-state index in [0.717, 1.165) is 25.0 Å². The Morgan fingerprint density at radius 1 is 1.17 bits per heavy atom. The van der Waals surface area contributed by atoms with E-state index < -0.39 is 0 Å². The first-order valence-corrected chi connectivity index (χ1v) is 7.28. The van der Waals surface area contributed by atoms with Gasteiger partial charge in [-0.3, -0.25) is 4.90 Å². The van der Waals surface area contributed by atoms with Gasteiger partial charge in [0.2, 0.25) is 0 Å². The van der Waals surface area contributed by atoms with Crippen LogP contribution in [0, 0.1) is 5.92 Å². The normalized spacial score (nSPS) is 25.1. The standard InChI is InChI=1S/C16H32N2/c1-8-11-18(16(5,6)7)14-10-9-13(14)12-17-15(2,3)4/h8,13-14,17H,1,9-12H2,2-7H3. The third-order valence-corrected chi connectivity index (χ3v) is 3.86. The number of nitrogens with one attached hydrogen (secondary N) is 1.